The molecule has 0 fully saturated rings. The van der Waals surface area contributed by atoms with Crippen LogP contribution in [0.4, 0.5) is 5.69 Å². The zero-order valence-electron chi connectivity index (χ0n) is 11.5. The van der Waals surface area contributed by atoms with E-state index in [-0.39, 0.29) is 0 Å². The first-order chi connectivity index (χ1) is 9.60. The molecule has 0 aliphatic rings. The standard InChI is InChI=1S/C16H17BrClNO/c1-3-20-16-7-5-13(17)8-12(16)10-19-14-6-4-11(2)15(18)9-14/h4-9,19H,3,10H2,1-2H3. The van der Waals surface area contributed by atoms with E-state index >= 15 is 0 Å². The Kier molecular flexibility index (Phi) is 5.32. The zero-order valence-corrected chi connectivity index (χ0v) is 13.9. The summed E-state index contributed by atoms with van der Waals surface area (Å²) in [7, 11) is 0. The van der Waals surface area contributed by atoms with E-state index in [0.717, 1.165) is 32.1 Å². The highest BCUT2D eigenvalue weighted by Crippen LogP contribution is 2.25. The molecule has 2 nitrogen and oxygen atoms in total. The Labute approximate surface area is 133 Å². The molecule has 0 atom stereocenters. The first-order valence-electron chi connectivity index (χ1n) is 6.51. The largest absolute Gasteiger partial charge is 0.494 e. The molecule has 0 aromatic heterocycles. The first kappa shape index (κ1) is 15.2. The lowest BCUT2D eigenvalue weighted by Gasteiger charge is -2.13. The maximum atomic E-state index is 6.13. The van der Waals surface area contributed by atoms with Gasteiger partial charge in [-0.1, -0.05) is 33.6 Å². The molecule has 106 valence electrons. The molecule has 0 aliphatic heterocycles. The second-order valence-corrected chi connectivity index (χ2v) is 5.83. The molecule has 4 heteroatoms. The van der Waals surface area contributed by atoms with Crippen molar-refractivity contribution in [3.8, 4) is 5.75 Å². The van der Waals surface area contributed by atoms with Crippen LogP contribution in [0.5, 0.6) is 5.75 Å². The normalized spacial score (nSPS) is 10.4. The SMILES string of the molecule is CCOc1ccc(Br)cc1CNc1ccc(C)c(Cl)c1. The molecule has 0 amide bonds. The van der Waals surface area contributed by atoms with Crippen LogP contribution in [0.25, 0.3) is 0 Å². The number of benzene rings is 2. The van der Waals surface area contributed by atoms with E-state index in [0.29, 0.717) is 13.2 Å². The molecule has 0 saturated heterocycles. The highest BCUT2D eigenvalue weighted by Gasteiger charge is 2.05. The number of anilines is 1. The lowest BCUT2D eigenvalue weighted by Crippen LogP contribution is -2.03. The smallest absolute Gasteiger partial charge is 0.124 e. The molecule has 20 heavy (non-hydrogen) atoms. The topological polar surface area (TPSA) is 21.3 Å². The summed E-state index contributed by atoms with van der Waals surface area (Å²) in [4.78, 5) is 0. The molecule has 0 saturated carbocycles. The molecular formula is C16H17BrClNO. The number of ether oxygens (including phenoxy) is 1. The van der Waals surface area contributed by atoms with Gasteiger partial charge in [0.15, 0.2) is 0 Å². The van der Waals surface area contributed by atoms with E-state index in [1.54, 1.807) is 0 Å². The van der Waals surface area contributed by atoms with Crippen molar-refractivity contribution in [1.82, 2.24) is 0 Å². The molecule has 1 N–H and O–H groups in total. The highest BCUT2D eigenvalue weighted by atomic mass is 79.9. The molecule has 0 aliphatic carbocycles. The summed E-state index contributed by atoms with van der Waals surface area (Å²) in [6.07, 6.45) is 0. The number of aryl methyl sites for hydroxylation is 1. The van der Waals surface area contributed by atoms with Crippen LogP contribution in [-0.2, 0) is 6.54 Å². The predicted octanol–water partition coefficient (Wildman–Crippen LogP) is 5.42. The second kappa shape index (κ2) is 7.00. The van der Waals surface area contributed by atoms with Crippen molar-refractivity contribution in [2.75, 3.05) is 11.9 Å². The van der Waals surface area contributed by atoms with Crippen molar-refractivity contribution in [2.45, 2.75) is 20.4 Å². The maximum absolute atomic E-state index is 6.13. The molecule has 0 heterocycles. The minimum atomic E-state index is 0.658. The lowest BCUT2D eigenvalue weighted by atomic mass is 10.2. The monoisotopic (exact) mass is 353 g/mol. The van der Waals surface area contributed by atoms with Gasteiger partial charge < -0.3 is 10.1 Å². The molecule has 0 radical (unpaired) electrons. The average Bonchev–Trinajstić information content (AvgIpc) is 2.43. The Bertz CT molecular complexity index is 601. The second-order valence-electron chi connectivity index (χ2n) is 4.50. The summed E-state index contributed by atoms with van der Waals surface area (Å²) in [5, 5.41) is 4.14. The first-order valence-corrected chi connectivity index (χ1v) is 7.68. The molecule has 0 spiro atoms. The third-order valence-corrected chi connectivity index (χ3v) is 3.88. The van der Waals surface area contributed by atoms with Crippen molar-refractivity contribution in [3.05, 3.63) is 57.0 Å². The van der Waals surface area contributed by atoms with Gasteiger partial charge in [-0.15, -0.1) is 0 Å². The van der Waals surface area contributed by atoms with E-state index in [1.807, 2.05) is 44.2 Å². The minimum Gasteiger partial charge on any atom is -0.494 e. The third kappa shape index (κ3) is 3.90. The Morgan fingerprint density at radius 2 is 2.00 bits per heavy atom. The summed E-state index contributed by atoms with van der Waals surface area (Å²) in [6.45, 7) is 5.33. The van der Waals surface area contributed by atoms with Gasteiger partial charge in [0, 0.05) is 27.3 Å². The van der Waals surface area contributed by atoms with Crippen LogP contribution in [-0.4, -0.2) is 6.61 Å². The Balaban J connectivity index is 2.13. The van der Waals surface area contributed by atoms with Crippen molar-refractivity contribution in [2.24, 2.45) is 0 Å². The van der Waals surface area contributed by atoms with E-state index in [9.17, 15) is 0 Å². The third-order valence-electron chi connectivity index (χ3n) is 2.98. The fourth-order valence-electron chi connectivity index (χ4n) is 1.88. The quantitative estimate of drug-likeness (QED) is 0.774. The minimum absolute atomic E-state index is 0.658. The van der Waals surface area contributed by atoms with Crippen molar-refractivity contribution < 1.29 is 4.74 Å². The number of halogens is 2. The van der Waals surface area contributed by atoms with Crippen molar-refractivity contribution in [1.29, 1.82) is 0 Å². The summed E-state index contributed by atoms with van der Waals surface area (Å²) in [5.74, 6) is 0.904. The van der Waals surface area contributed by atoms with Crippen LogP contribution in [0.1, 0.15) is 18.1 Å². The molecule has 0 unspecified atom stereocenters. The van der Waals surface area contributed by atoms with Gasteiger partial charge in [-0.25, -0.2) is 0 Å². The van der Waals surface area contributed by atoms with Gasteiger partial charge in [0.1, 0.15) is 5.75 Å². The summed E-state index contributed by atoms with van der Waals surface area (Å²) in [6, 6.07) is 12.0. The van der Waals surface area contributed by atoms with Gasteiger partial charge in [-0.2, -0.15) is 0 Å². The lowest BCUT2D eigenvalue weighted by molar-refractivity contribution is 0.337. The Morgan fingerprint density at radius 1 is 1.20 bits per heavy atom. The molecule has 2 rings (SSSR count). The highest BCUT2D eigenvalue weighted by molar-refractivity contribution is 9.10. The summed E-state index contributed by atoms with van der Waals surface area (Å²) < 4.78 is 6.68. The van der Waals surface area contributed by atoms with Gasteiger partial charge in [0.05, 0.1) is 6.61 Å². The molecule has 2 aromatic carbocycles. The van der Waals surface area contributed by atoms with Gasteiger partial charge >= 0.3 is 0 Å². The van der Waals surface area contributed by atoms with E-state index in [2.05, 4.69) is 27.3 Å². The summed E-state index contributed by atoms with van der Waals surface area (Å²) in [5.41, 5.74) is 3.19. The Morgan fingerprint density at radius 3 is 2.70 bits per heavy atom. The maximum Gasteiger partial charge on any atom is 0.124 e. The van der Waals surface area contributed by atoms with E-state index in [1.165, 1.54) is 0 Å². The van der Waals surface area contributed by atoms with Crippen LogP contribution < -0.4 is 10.1 Å². The Hall–Kier alpha value is -1.19. The molecule has 2 aromatic rings. The van der Waals surface area contributed by atoms with Crippen molar-refractivity contribution >= 4 is 33.2 Å². The number of nitrogens with one attached hydrogen (secondary N) is 1. The van der Waals surface area contributed by atoms with Crippen LogP contribution >= 0.6 is 27.5 Å². The summed E-state index contributed by atoms with van der Waals surface area (Å²) >= 11 is 9.62. The fraction of sp³-hybridized carbons (Fsp3) is 0.250. The zero-order chi connectivity index (χ0) is 14.5. The van der Waals surface area contributed by atoms with Crippen LogP contribution in [0.3, 0.4) is 0 Å². The van der Waals surface area contributed by atoms with Gasteiger partial charge in [0.25, 0.3) is 0 Å². The predicted molar refractivity (Wildman–Crippen MR) is 88.8 cm³/mol. The van der Waals surface area contributed by atoms with Crippen LogP contribution in [0.2, 0.25) is 5.02 Å². The van der Waals surface area contributed by atoms with Gasteiger partial charge in [-0.05, 0) is 49.7 Å². The molecule has 0 bridgehead atoms. The van der Waals surface area contributed by atoms with Crippen LogP contribution in [0.15, 0.2) is 40.9 Å². The molecular weight excluding hydrogens is 338 g/mol. The van der Waals surface area contributed by atoms with E-state index < -0.39 is 0 Å². The van der Waals surface area contributed by atoms with E-state index in [4.69, 9.17) is 16.3 Å². The van der Waals surface area contributed by atoms with Crippen molar-refractivity contribution in [3.63, 3.8) is 0 Å². The average molecular weight is 355 g/mol. The number of hydrogen-bond donors (Lipinski definition) is 1. The van der Waals surface area contributed by atoms with Crippen LogP contribution in [0, 0.1) is 6.92 Å². The fourth-order valence-corrected chi connectivity index (χ4v) is 2.47. The number of hydrogen-bond acceptors (Lipinski definition) is 2. The number of rotatable bonds is 5. The van der Waals surface area contributed by atoms with Gasteiger partial charge in [0.2, 0.25) is 0 Å². The van der Waals surface area contributed by atoms with Gasteiger partial charge in [-0.3, -0.25) is 0 Å².